The lowest BCUT2D eigenvalue weighted by Crippen LogP contribution is -2.29. The number of aryl methyl sites for hydroxylation is 2. The van der Waals surface area contributed by atoms with Gasteiger partial charge in [0.2, 0.25) is 5.91 Å². The number of aromatic nitrogens is 2. The minimum Gasteiger partial charge on any atom is -0.379 e. The van der Waals surface area contributed by atoms with Crippen molar-refractivity contribution in [2.45, 2.75) is 38.7 Å². The summed E-state index contributed by atoms with van der Waals surface area (Å²) in [5, 5.41) is 5.20. The predicted octanol–water partition coefficient (Wildman–Crippen LogP) is 3.50. The smallest absolute Gasteiger partial charge is 0.222 e. The van der Waals surface area contributed by atoms with Crippen LogP contribution >= 0.6 is 0 Å². The molecule has 0 spiro atoms. The van der Waals surface area contributed by atoms with E-state index in [4.69, 9.17) is 9.26 Å². The molecule has 6 nitrogen and oxygen atoms in total. The zero-order valence-corrected chi connectivity index (χ0v) is 16.5. The molecule has 1 saturated heterocycles. The van der Waals surface area contributed by atoms with Gasteiger partial charge >= 0.3 is 0 Å². The van der Waals surface area contributed by atoms with Gasteiger partial charge in [0.05, 0.1) is 11.8 Å². The van der Waals surface area contributed by atoms with E-state index < -0.39 is 0 Å². The van der Waals surface area contributed by atoms with Crippen molar-refractivity contribution in [3.8, 4) is 0 Å². The van der Waals surface area contributed by atoms with Crippen LogP contribution in [0.4, 0.5) is 0 Å². The summed E-state index contributed by atoms with van der Waals surface area (Å²) < 4.78 is 11.0. The molecule has 1 aliphatic heterocycles. The monoisotopic (exact) mass is 381 g/mol. The summed E-state index contributed by atoms with van der Waals surface area (Å²) >= 11 is 0. The van der Waals surface area contributed by atoms with E-state index in [-0.39, 0.29) is 17.9 Å². The molecule has 4 rings (SSSR count). The minimum absolute atomic E-state index is 0.0444. The Hall–Kier alpha value is -2.60. The Morgan fingerprint density at radius 1 is 1.36 bits per heavy atom. The molecule has 0 unspecified atom stereocenters. The van der Waals surface area contributed by atoms with E-state index in [0.717, 1.165) is 36.2 Å². The van der Waals surface area contributed by atoms with Crippen molar-refractivity contribution in [3.63, 3.8) is 0 Å². The Kier molecular flexibility index (Phi) is 5.48. The molecule has 1 amide bonds. The summed E-state index contributed by atoms with van der Waals surface area (Å²) in [6.45, 7) is 3.28. The average molecular weight is 381 g/mol. The van der Waals surface area contributed by atoms with Crippen LogP contribution < -0.4 is 0 Å². The third-order valence-corrected chi connectivity index (χ3v) is 5.69. The summed E-state index contributed by atoms with van der Waals surface area (Å²) in [5.41, 5.74) is 3.31. The Morgan fingerprint density at radius 3 is 3.00 bits per heavy atom. The van der Waals surface area contributed by atoms with Gasteiger partial charge in [-0.3, -0.25) is 4.79 Å². The van der Waals surface area contributed by atoms with Crippen LogP contribution in [-0.4, -0.2) is 47.3 Å². The third kappa shape index (κ3) is 3.97. The number of hydrogen-bond donors (Lipinski definition) is 1. The molecular formula is C22H27N3O3. The van der Waals surface area contributed by atoms with Crippen LogP contribution in [-0.2, 0) is 22.4 Å². The number of hydrogen-bond acceptors (Lipinski definition) is 4. The van der Waals surface area contributed by atoms with E-state index in [1.54, 1.807) is 7.11 Å². The highest BCUT2D eigenvalue weighted by Gasteiger charge is 2.35. The van der Waals surface area contributed by atoms with Crippen molar-refractivity contribution in [2.75, 3.05) is 20.2 Å². The number of amides is 1. The number of para-hydroxylation sites is 1. The summed E-state index contributed by atoms with van der Waals surface area (Å²) in [6.07, 6.45) is 5.16. The van der Waals surface area contributed by atoms with Crippen LogP contribution in [0, 0.1) is 12.8 Å². The van der Waals surface area contributed by atoms with Gasteiger partial charge < -0.3 is 19.1 Å². The van der Waals surface area contributed by atoms with Gasteiger partial charge in [0.15, 0.2) is 0 Å². The number of methoxy groups -OCH3 is 1. The van der Waals surface area contributed by atoms with E-state index in [0.29, 0.717) is 19.5 Å². The number of fused-ring (bicyclic) bond motifs is 1. The maximum atomic E-state index is 12.7. The number of H-pyrrole nitrogens is 1. The Morgan fingerprint density at radius 2 is 2.21 bits per heavy atom. The normalized spacial score (nSPS) is 19.6. The molecule has 1 aliphatic rings. The van der Waals surface area contributed by atoms with Gasteiger partial charge in [-0.05, 0) is 31.4 Å². The summed E-state index contributed by atoms with van der Waals surface area (Å²) in [7, 11) is 1.72. The molecule has 1 N–H and O–H groups in total. The number of nitrogens with one attached hydrogen (secondary N) is 1. The van der Waals surface area contributed by atoms with E-state index in [2.05, 4.69) is 34.5 Å². The number of carbonyl (C=O) groups is 1. The first-order chi connectivity index (χ1) is 13.6. The third-order valence-electron chi connectivity index (χ3n) is 5.69. The van der Waals surface area contributed by atoms with Crippen LogP contribution in [0.3, 0.4) is 0 Å². The first-order valence-electron chi connectivity index (χ1n) is 9.92. The lowest BCUT2D eigenvalue weighted by Gasteiger charge is -2.15. The van der Waals surface area contributed by atoms with Crippen molar-refractivity contribution in [3.05, 3.63) is 53.5 Å². The highest BCUT2D eigenvalue weighted by atomic mass is 16.5. The summed E-state index contributed by atoms with van der Waals surface area (Å²) in [4.78, 5) is 18.0. The summed E-state index contributed by atoms with van der Waals surface area (Å²) in [5.74, 6) is 1.31. The number of rotatable bonds is 7. The van der Waals surface area contributed by atoms with E-state index >= 15 is 0 Å². The fourth-order valence-electron chi connectivity index (χ4n) is 4.21. The van der Waals surface area contributed by atoms with Crippen LogP contribution in [0.15, 0.2) is 41.1 Å². The topological polar surface area (TPSA) is 71.4 Å². The molecule has 2 aromatic heterocycles. The zero-order valence-electron chi connectivity index (χ0n) is 16.5. The van der Waals surface area contributed by atoms with Crippen LogP contribution in [0.25, 0.3) is 10.9 Å². The molecule has 0 aliphatic carbocycles. The van der Waals surface area contributed by atoms with Crippen LogP contribution in [0.5, 0.6) is 0 Å². The molecular weight excluding hydrogens is 354 g/mol. The Labute approximate surface area is 164 Å². The Bertz CT molecular complexity index is 945. The highest BCUT2D eigenvalue weighted by Crippen LogP contribution is 2.25. The minimum atomic E-state index is 0.0444. The van der Waals surface area contributed by atoms with Crippen molar-refractivity contribution in [1.29, 1.82) is 0 Å². The fourth-order valence-corrected chi connectivity index (χ4v) is 4.21. The lowest BCUT2D eigenvalue weighted by molar-refractivity contribution is -0.130. The largest absolute Gasteiger partial charge is 0.379 e. The van der Waals surface area contributed by atoms with Crippen LogP contribution in [0.2, 0.25) is 0 Å². The van der Waals surface area contributed by atoms with Crippen molar-refractivity contribution < 1.29 is 14.1 Å². The molecule has 6 heteroatoms. The number of carbonyl (C=O) groups excluding carboxylic acids is 1. The molecule has 0 saturated carbocycles. The fraction of sp³-hybridized carbons (Fsp3) is 0.455. The highest BCUT2D eigenvalue weighted by molar-refractivity contribution is 5.83. The number of ether oxygens (including phenoxy) is 1. The molecule has 3 aromatic rings. The molecule has 28 heavy (non-hydrogen) atoms. The average Bonchev–Trinajstić information content (AvgIpc) is 3.41. The molecule has 148 valence electrons. The Balaban J connectivity index is 1.30. The van der Waals surface area contributed by atoms with Gasteiger partial charge in [0.25, 0.3) is 0 Å². The second-order valence-electron chi connectivity index (χ2n) is 7.68. The van der Waals surface area contributed by atoms with Gasteiger partial charge in [0, 0.05) is 62.1 Å². The molecule has 0 bridgehead atoms. The van der Waals surface area contributed by atoms with Crippen molar-refractivity contribution in [2.24, 2.45) is 5.92 Å². The van der Waals surface area contributed by atoms with Crippen LogP contribution in [0.1, 0.15) is 29.9 Å². The van der Waals surface area contributed by atoms with Gasteiger partial charge in [-0.15, -0.1) is 0 Å². The van der Waals surface area contributed by atoms with Gasteiger partial charge in [-0.1, -0.05) is 23.4 Å². The molecule has 2 atom stereocenters. The maximum Gasteiger partial charge on any atom is 0.222 e. The predicted molar refractivity (Wildman–Crippen MR) is 107 cm³/mol. The number of nitrogens with zero attached hydrogens (tertiary/aromatic N) is 2. The first-order valence-corrected chi connectivity index (χ1v) is 9.92. The van der Waals surface area contributed by atoms with Gasteiger partial charge in [-0.25, -0.2) is 0 Å². The summed E-state index contributed by atoms with van der Waals surface area (Å²) in [6, 6.07) is 10.2. The van der Waals surface area contributed by atoms with Crippen molar-refractivity contribution in [1.82, 2.24) is 15.0 Å². The maximum absolute atomic E-state index is 12.7. The van der Waals surface area contributed by atoms with E-state index in [1.807, 2.05) is 24.0 Å². The van der Waals surface area contributed by atoms with Crippen molar-refractivity contribution >= 4 is 16.8 Å². The molecule has 1 aromatic carbocycles. The van der Waals surface area contributed by atoms with Gasteiger partial charge in [0.1, 0.15) is 5.76 Å². The van der Waals surface area contributed by atoms with E-state index in [9.17, 15) is 4.79 Å². The van der Waals surface area contributed by atoms with Gasteiger partial charge in [-0.2, -0.15) is 0 Å². The quantitative estimate of drug-likeness (QED) is 0.680. The number of likely N-dealkylation sites (tertiary alicyclic amines) is 1. The first kappa shape index (κ1) is 18.7. The number of aromatic amines is 1. The molecule has 1 fully saturated rings. The standard InChI is InChI=1S/C22H27N3O3/c1-15-10-18(28-24-15)11-17-13-25(14-21(17)27-2)22(26)9-5-6-16-12-23-20-8-4-3-7-19(16)20/h3-4,7-8,10,12,17,21,23H,5-6,9,11,13-14H2,1-2H3/t17-,21+/m1/s1. The molecule has 0 radical (unpaired) electrons. The second kappa shape index (κ2) is 8.19. The number of benzene rings is 1. The SMILES string of the molecule is CO[C@H]1CN(C(=O)CCCc2c[nH]c3ccccc23)C[C@H]1Cc1cc(C)no1. The second-order valence-corrected chi connectivity index (χ2v) is 7.68. The lowest BCUT2D eigenvalue weighted by atomic mass is 10.0. The molecule has 3 heterocycles. The van der Waals surface area contributed by atoms with E-state index in [1.165, 1.54) is 10.9 Å². The zero-order chi connectivity index (χ0) is 19.5.